The second kappa shape index (κ2) is 7.90. The molecule has 1 atom stereocenters. The summed E-state index contributed by atoms with van der Waals surface area (Å²) < 4.78 is 0. The molecule has 0 aliphatic carbocycles. The molecule has 0 aromatic carbocycles. The van der Waals surface area contributed by atoms with Crippen molar-refractivity contribution in [2.24, 2.45) is 0 Å². The first kappa shape index (κ1) is 16.7. The van der Waals surface area contributed by atoms with Gasteiger partial charge in [0.2, 0.25) is 0 Å². The Morgan fingerprint density at radius 1 is 0.800 bits per heavy atom. The van der Waals surface area contributed by atoms with Crippen molar-refractivity contribution in [3.8, 4) is 0 Å². The molecular formula is C12H29CuIP. The van der Waals surface area contributed by atoms with Crippen molar-refractivity contribution in [1.82, 2.24) is 0 Å². The Morgan fingerprint density at radius 3 is 1.27 bits per heavy atom. The van der Waals surface area contributed by atoms with E-state index in [1.54, 1.807) is 0 Å². The van der Waals surface area contributed by atoms with E-state index in [1.807, 2.05) is 0 Å². The molecule has 0 aliphatic rings. The van der Waals surface area contributed by atoms with Crippen LogP contribution < -0.4 is 0 Å². The van der Waals surface area contributed by atoms with Crippen LogP contribution in [0.15, 0.2) is 0 Å². The van der Waals surface area contributed by atoms with Crippen LogP contribution in [-0.2, 0) is 8.10 Å². The summed E-state index contributed by atoms with van der Waals surface area (Å²) in [5.41, 5.74) is 0. The standard InChI is InChI=1S/3C4H9.Cu.HI.H2P/c3*1-3-4-2;;;/h3*1,3-4H2,2H3;;1H;1H2/q;;;+2;;-1/p-1. The van der Waals surface area contributed by atoms with E-state index in [4.69, 9.17) is 0 Å². The average Bonchev–Trinajstić information content (AvgIpc) is 2.22. The van der Waals surface area contributed by atoms with E-state index in [-0.39, 0.29) is 0 Å². The first-order valence-electron chi connectivity index (χ1n) is 6.05. The van der Waals surface area contributed by atoms with E-state index in [0.29, 0.717) is 0 Å². The van der Waals surface area contributed by atoms with Crippen molar-refractivity contribution < 1.29 is 8.10 Å². The van der Waals surface area contributed by atoms with Gasteiger partial charge in [0.05, 0.1) is 0 Å². The first-order valence-corrected chi connectivity index (χ1v) is 13.1. The van der Waals surface area contributed by atoms with Gasteiger partial charge in [-0.25, -0.2) is 0 Å². The van der Waals surface area contributed by atoms with Crippen molar-refractivity contribution in [2.45, 2.75) is 75.3 Å². The van der Waals surface area contributed by atoms with Gasteiger partial charge in [-0.05, 0) is 0 Å². The molecular weight excluding hydrogens is 366 g/mol. The van der Waals surface area contributed by atoms with E-state index in [9.17, 15) is 0 Å². The topological polar surface area (TPSA) is 0 Å². The van der Waals surface area contributed by atoms with E-state index < -0.39 is 8.10 Å². The summed E-state index contributed by atoms with van der Waals surface area (Å²) in [5.74, 6) is 0. The Morgan fingerprint density at radius 2 is 1.07 bits per heavy atom. The van der Waals surface area contributed by atoms with Crippen molar-refractivity contribution in [3.63, 3.8) is 0 Å². The third-order valence-electron chi connectivity index (χ3n) is 2.45. The molecule has 0 saturated carbocycles. The second-order valence-corrected chi connectivity index (χ2v) is 23.0. The molecule has 0 radical (unpaired) electrons. The monoisotopic (exact) mass is 394 g/mol. The summed E-state index contributed by atoms with van der Waals surface area (Å²) >= 11 is 2.85. The molecule has 0 fully saturated rings. The number of rotatable bonds is 9. The molecule has 15 heavy (non-hydrogen) atoms. The Labute approximate surface area is 111 Å². The molecule has 0 aromatic rings. The fraction of sp³-hybridized carbons (Fsp3) is 1.00. The summed E-state index contributed by atoms with van der Waals surface area (Å²) in [6, 6.07) is 0. The molecule has 0 aliphatic heterocycles. The van der Waals surface area contributed by atoms with Crippen LogP contribution in [-0.4, -0.2) is 0 Å². The molecule has 0 saturated heterocycles. The molecule has 0 bridgehead atoms. The van der Waals surface area contributed by atoms with Crippen molar-refractivity contribution in [3.05, 3.63) is 0 Å². The molecule has 0 nitrogen and oxygen atoms in total. The number of hydrogen-bond acceptors (Lipinski definition) is 0. The normalized spacial score (nSPS) is 14.9. The Balaban J connectivity index is 4.33. The van der Waals surface area contributed by atoms with Crippen LogP contribution in [0.25, 0.3) is 0 Å². The van der Waals surface area contributed by atoms with Gasteiger partial charge in [-0.1, -0.05) is 0 Å². The first-order chi connectivity index (χ1) is 6.96. The fourth-order valence-corrected chi connectivity index (χ4v) is 9.74. The molecule has 0 aromatic heterocycles. The van der Waals surface area contributed by atoms with Crippen LogP contribution >= 0.6 is 28.3 Å². The average molecular weight is 395 g/mol. The van der Waals surface area contributed by atoms with Crippen LogP contribution in [0.1, 0.15) is 59.3 Å². The zero-order valence-electron chi connectivity index (χ0n) is 10.6. The SMILES string of the molecule is CCC[CH2][Cu]([PH2])([I])([CH2]CCC)[CH2]CCC. The van der Waals surface area contributed by atoms with Crippen molar-refractivity contribution >= 4 is 28.3 Å². The second-order valence-electron chi connectivity index (χ2n) is 4.14. The zero-order valence-corrected chi connectivity index (χ0v) is 14.9. The van der Waals surface area contributed by atoms with Crippen LogP contribution in [0.5, 0.6) is 0 Å². The minimum atomic E-state index is -1.09. The molecule has 0 amide bonds. The van der Waals surface area contributed by atoms with Gasteiger partial charge >= 0.3 is 112 Å². The van der Waals surface area contributed by atoms with E-state index in [0.717, 1.165) is 0 Å². The summed E-state index contributed by atoms with van der Waals surface area (Å²) in [6.45, 7) is 6.94. The predicted molar refractivity (Wildman–Crippen MR) is 82.9 cm³/mol. The van der Waals surface area contributed by atoms with Gasteiger partial charge in [-0.2, -0.15) is 0 Å². The van der Waals surface area contributed by atoms with Gasteiger partial charge in [0, 0.05) is 0 Å². The molecule has 100 valence electrons. The number of halogens is 1. The molecule has 0 heterocycles. The maximum atomic E-state index is 3.31. The maximum absolute atomic E-state index is 3.31. The summed E-state index contributed by atoms with van der Waals surface area (Å²) in [5, 5.41) is 4.40. The van der Waals surface area contributed by atoms with Crippen LogP contribution in [0.4, 0.5) is 0 Å². The van der Waals surface area contributed by atoms with Crippen molar-refractivity contribution in [2.75, 3.05) is 0 Å². The fourth-order valence-electron chi connectivity index (χ4n) is 1.30. The number of hydrogen-bond donors (Lipinski definition) is 0. The Hall–Kier alpha value is 1.68. The van der Waals surface area contributed by atoms with Gasteiger partial charge in [-0.3, -0.25) is 0 Å². The Bertz CT molecular complexity index is 142. The quantitative estimate of drug-likeness (QED) is 0.239. The Kier molecular flexibility index (Phi) is 8.79. The van der Waals surface area contributed by atoms with Crippen LogP contribution in [0.2, 0.25) is 16.0 Å². The summed E-state index contributed by atoms with van der Waals surface area (Å²) in [4.78, 5) is 0. The third kappa shape index (κ3) is 7.58. The van der Waals surface area contributed by atoms with Gasteiger partial charge in [-0.15, -0.1) is 0 Å². The van der Waals surface area contributed by atoms with Crippen molar-refractivity contribution in [1.29, 1.82) is 0 Å². The van der Waals surface area contributed by atoms with Gasteiger partial charge in [0.25, 0.3) is 0 Å². The number of unbranched alkanes of at least 4 members (excludes halogenated alkanes) is 3. The molecule has 0 rings (SSSR count). The third-order valence-corrected chi connectivity index (χ3v) is 13.0. The van der Waals surface area contributed by atoms with Gasteiger partial charge in [0.1, 0.15) is 0 Å². The summed E-state index contributed by atoms with van der Waals surface area (Å²) in [6.07, 6.45) is 8.29. The van der Waals surface area contributed by atoms with Gasteiger partial charge in [0.15, 0.2) is 0 Å². The summed E-state index contributed by atoms with van der Waals surface area (Å²) in [7, 11) is 2.22. The van der Waals surface area contributed by atoms with Crippen LogP contribution in [0, 0.1) is 0 Å². The van der Waals surface area contributed by atoms with E-state index >= 15 is 0 Å². The van der Waals surface area contributed by atoms with Gasteiger partial charge < -0.3 is 0 Å². The molecule has 0 N–H and O–H groups in total. The molecule has 3 heteroatoms. The van der Waals surface area contributed by atoms with Crippen LogP contribution in [0.3, 0.4) is 0 Å². The minimum absolute atomic E-state index is 1.09. The predicted octanol–water partition coefficient (Wildman–Crippen LogP) is 6.47. The zero-order chi connectivity index (χ0) is 11.8. The molecule has 1 unspecified atom stereocenters. The van der Waals surface area contributed by atoms with E-state index in [1.165, 1.54) is 54.5 Å². The van der Waals surface area contributed by atoms with E-state index in [2.05, 4.69) is 49.0 Å². The molecule has 0 spiro atoms.